The average Bonchev–Trinajstić information content (AvgIpc) is 2.55. The Morgan fingerprint density at radius 3 is 2.43 bits per heavy atom. The Morgan fingerprint density at radius 2 is 1.87 bits per heavy atom. The smallest absolute Gasteiger partial charge is 0.159 e. The van der Waals surface area contributed by atoms with Crippen LogP contribution in [-0.2, 0) is 5.60 Å². The summed E-state index contributed by atoms with van der Waals surface area (Å²) in [5.41, 5.74) is 2.41. The lowest BCUT2D eigenvalue weighted by atomic mass is 9.92. The zero-order valence-corrected chi connectivity index (χ0v) is 14.3. The number of ether oxygens (including phenoxy) is 1. The van der Waals surface area contributed by atoms with E-state index in [9.17, 15) is 4.79 Å². The molecule has 3 nitrogen and oxygen atoms in total. The molecule has 2 rings (SSSR count). The van der Waals surface area contributed by atoms with Crippen LogP contribution in [0, 0.1) is 6.92 Å². The van der Waals surface area contributed by atoms with Crippen LogP contribution in [0.1, 0.15) is 41.8 Å². The average molecular weight is 311 g/mol. The molecular formula is C20H25NO2. The highest BCUT2D eigenvalue weighted by Gasteiger charge is 2.28. The molecule has 2 aromatic rings. The molecule has 0 spiro atoms. The molecule has 0 bridgehead atoms. The van der Waals surface area contributed by atoms with Gasteiger partial charge >= 0.3 is 0 Å². The second kappa shape index (κ2) is 7.42. The number of hydrogen-bond donors (Lipinski definition) is 1. The standard InChI is InChI=1S/C20H25NO2/c1-15-14-17(16(2)22)10-11-19(15)23-20(3,12-13-21-4)18-8-6-5-7-9-18/h5-11,14,21H,12-13H2,1-4H3/t20-/m0/s1. The third-order valence-electron chi connectivity index (χ3n) is 4.15. The van der Waals surface area contributed by atoms with Gasteiger partial charge in [-0.15, -0.1) is 0 Å². The van der Waals surface area contributed by atoms with Crippen molar-refractivity contribution in [3.8, 4) is 5.75 Å². The summed E-state index contributed by atoms with van der Waals surface area (Å²) < 4.78 is 6.40. The van der Waals surface area contributed by atoms with Crippen molar-refractivity contribution in [2.45, 2.75) is 32.8 Å². The van der Waals surface area contributed by atoms with E-state index in [1.165, 1.54) is 0 Å². The van der Waals surface area contributed by atoms with E-state index < -0.39 is 5.60 Å². The molecule has 0 saturated heterocycles. The van der Waals surface area contributed by atoms with E-state index in [-0.39, 0.29) is 5.78 Å². The van der Waals surface area contributed by atoms with Gasteiger partial charge in [0.05, 0.1) is 0 Å². The molecule has 0 aliphatic rings. The number of nitrogens with one attached hydrogen (secondary N) is 1. The van der Waals surface area contributed by atoms with Gasteiger partial charge in [-0.1, -0.05) is 30.3 Å². The van der Waals surface area contributed by atoms with Crippen LogP contribution in [0.15, 0.2) is 48.5 Å². The van der Waals surface area contributed by atoms with Crippen molar-refractivity contribution in [2.75, 3.05) is 13.6 Å². The number of carbonyl (C=O) groups excluding carboxylic acids is 1. The maximum Gasteiger partial charge on any atom is 0.159 e. The quantitative estimate of drug-likeness (QED) is 0.782. The molecule has 0 heterocycles. The fraction of sp³-hybridized carbons (Fsp3) is 0.350. The molecule has 2 aromatic carbocycles. The second-order valence-corrected chi connectivity index (χ2v) is 6.09. The molecule has 3 heteroatoms. The zero-order valence-electron chi connectivity index (χ0n) is 14.3. The van der Waals surface area contributed by atoms with Crippen molar-refractivity contribution in [2.24, 2.45) is 0 Å². The Kier molecular flexibility index (Phi) is 5.56. The van der Waals surface area contributed by atoms with Crippen LogP contribution >= 0.6 is 0 Å². The van der Waals surface area contributed by atoms with E-state index in [0.29, 0.717) is 5.56 Å². The normalized spacial score (nSPS) is 13.4. The van der Waals surface area contributed by atoms with Crippen molar-refractivity contribution in [1.29, 1.82) is 0 Å². The molecule has 122 valence electrons. The van der Waals surface area contributed by atoms with Crippen molar-refractivity contribution >= 4 is 5.78 Å². The third-order valence-corrected chi connectivity index (χ3v) is 4.15. The summed E-state index contributed by atoms with van der Waals surface area (Å²) in [6, 6.07) is 15.9. The Bertz CT molecular complexity index is 667. The molecule has 1 atom stereocenters. The van der Waals surface area contributed by atoms with Crippen LogP contribution < -0.4 is 10.1 Å². The molecule has 0 radical (unpaired) electrons. The first-order valence-electron chi connectivity index (χ1n) is 7.97. The Labute approximate surface area is 138 Å². The van der Waals surface area contributed by atoms with E-state index in [1.54, 1.807) is 6.92 Å². The van der Waals surface area contributed by atoms with Crippen molar-refractivity contribution in [1.82, 2.24) is 5.32 Å². The van der Waals surface area contributed by atoms with E-state index in [0.717, 1.165) is 29.8 Å². The van der Waals surface area contributed by atoms with E-state index in [2.05, 4.69) is 24.4 Å². The fourth-order valence-electron chi connectivity index (χ4n) is 2.63. The molecule has 1 N–H and O–H groups in total. The summed E-state index contributed by atoms with van der Waals surface area (Å²) in [6.45, 7) is 6.52. The van der Waals surface area contributed by atoms with Crippen LogP contribution in [0.2, 0.25) is 0 Å². The topological polar surface area (TPSA) is 38.3 Å². The number of aryl methyl sites for hydroxylation is 1. The van der Waals surface area contributed by atoms with Gasteiger partial charge in [0, 0.05) is 12.0 Å². The highest BCUT2D eigenvalue weighted by molar-refractivity contribution is 5.94. The number of Topliss-reactive ketones (excluding diaryl/α,β-unsaturated/α-hetero) is 1. The molecular weight excluding hydrogens is 286 g/mol. The minimum Gasteiger partial charge on any atom is -0.483 e. The summed E-state index contributed by atoms with van der Waals surface area (Å²) in [7, 11) is 1.94. The predicted molar refractivity (Wildman–Crippen MR) is 94.1 cm³/mol. The lowest BCUT2D eigenvalue weighted by Gasteiger charge is -2.32. The largest absolute Gasteiger partial charge is 0.483 e. The van der Waals surface area contributed by atoms with Gasteiger partial charge in [0.2, 0.25) is 0 Å². The molecule has 0 amide bonds. The SMILES string of the molecule is CNCC[C@](C)(Oc1ccc(C(C)=O)cc1C)c1ccccc1. The van der Waals surface area contributed by atoms with Crippen LogP contribution in [-0.4, -0.2) is 19.4 Å². The summed E-state index contributed by atoms with van der Waals surface area (Å²) in [5.74, 6) is 0.887. The van der Waals surface area contributed by atoms with Gasteiger partial charge in [-0.3, -0.25) is 4.79 Å². The van der Waals surface area contributed by atoms with Gasteiger partial charge in [-0.25, -0.2) is 0 Å². The van der Waals surface area contributed by atoms with Crippen molar-refractivity contribution in [3.63, 3.8) is 0 Å². The highest BCUT2D eigenvalue weighted by atomic mass is 16.5. The lowest BCUT2D eigenvalue weighted by Crippen LogP contribution is -2.33. The molecule has 0 aliphatic carbocycles. The molecule has 0 fully saturated rings. The molecule has 0 aliphatic heterocycles. The van der Waals surface area contributed by atoms with Gasteiger partial charge in [0.1, 0.15) is 11.4 Å². The highest BCUT2D eigenvalue weighted by Crippen LogP contribution is 2.33. The van der Waals surface area contributed by atoms with Crippen LogP contribution in [0.3, 0.4) is 0 Å². The Balaban J connectivity index is 2.33. The van der Waals surface area contributed by atoms with Gasteiger partial charge in [-0.2, -0.15) is 0 Å². The van der Waals surface area contributed by atoms with Crippen LogP contribution in [0.4, 0.5) is 0 Å². The summed E-state index contributed by atoms with van der Waals surface area (Å²) in [5, 5.41) is 3.19. The summed E-state index contributed by atoms with van der Waals surface area (Å²) in [4.78, 5) is 11.5. The number of ketones is 1. The predicted octanol–water partition coefficient (Wildman–Crippen LogP) is 4.10. The summed E-state index contributed by atoms with van der Waals surface area (Å²) >= 11 is 0. The van der Waals surface area contributed by atoms with E-state index >= 15 is 0 Å². The van der Waals surface area contributed by atoms with Gasteiger partial charge in [0.15, 0.2) is 5.78 Å². The second-order valence-electron chi connectivity index (χ2n) is 6.09. The monoisotopic (exact) mass is 311 g/mol. The lowest BCUT2D eigenvalue weighted by molar-refractivity contribution is 0.0767. The Morgan fingerprint density at radius 1 is 1.17 bits per heavy atom. The third kappa shape index (κ3) is 4.20. The van der Waals surface area contributed by atoms with Gasteiger partial charge in [0.25, 0.3) is 0 Å². The first-order valence-corrected chi connectivity index (χ1v) is 7.97. The fourth-order valence-corrected chi connectivity index (χ4v) is 2.63. The molecule has 0 saturated carbocycles. The van der Waals surface area contributed by atoms with E-state index in [1.807, 2.05) is 50.4 Å². The molecule has 0 aromatic heterocycles. The molecule has 23 heavy (non-hydrogen) atoms. The van der Waals surface area contributed by atoms with Gasteiger partial charge < -0.3 is 10.1 Å². The number of hydrogen-bond acceptors (Lipinski definition) is 3. The van der Waals surface area contributed by atoms with Gasteiger partial charge in [-0.05, 0) is 63.7 Å². The van der Waals surface area contributed by atoms with Crippen molar-refractivity contribution in [3.05, 3.63) is 65.2 Å². The maximum absolute atomic E-state index is 11.5. The van der Waals surface area contributed by atoms with Crippen molar-refractivity contribution < 1.29 is 9.53 Å². The summed E-state index contributed by atoms with van der Waals surface area (Å²) in [6.07, 6.45) is 0.849. The zero-order chi connectivity index (χ0) is 16.9. The number of benzene rings is 2. The first kappa shape index (κ1) is 17.2. The Hall–Kier alpha value is -2.13. The minimum atomic E-state index is -0.424. The van der Waals surface area contributed by atoms with Crippen LogP contribution in [0.25, 0.3) is 0 Å². The number of carbonyl (C=O) groups is 1. The first-order chi connectivity index (χ1) is 11.0. The maximum atomic E-state index is 11.5. The minimum absolute atomic E-state index is 0.0701. The number of rotatable bonds is 7. The molecule has 0 unspecified atom stereocenters. The van der Waals surface area contributed by atoms with Crippen LogP contribution in [0.5, 0.6) is 5.75 Å². The van der Waals surface area contributed by atoms with E-state index in [4.69, 9.17) is 4.74 Å².